The summed E-state index contributed by atoms with van der Waals surface area (Å²) in [6.45, 7) is 1.43. The molecule has 0 amide bonds. The van der Waals surface area contributed by atoms with Crippen molar-refractivity contribution < 1.29 is 14.6 Å². The van der Waals surface area contributed by atoms with Crippen LogP contribution in [0.5, 0.6) is 5.75 Å². The molecule has 0 aliphatic heterocycles. The third-order valence-corrected chi connectivity index (χ3v) is 1.86. The highest BCUT2D eigenvalue weighted by atomic mass is 35.5. The van der Waals surface area contributed by atoms with Gasteiger partial charge in [-0.3, -0.25) is 0 Å². The van der Waals surface area contributed by atoms with Crippen molar-refractivity contribution in [1.82, 2.24) is 0 Å². The number of hydrogen-bond donors (Lipinski definition) is 2. The van der Waals surface area contributed by atoms with Gasteiger partial charge >= 0.3 is 5.97 Å². The van der Waals surface area contributed by atoms with Gasteiger partial charge in [-0.1, -0.05) is 11.6 Å². The van der Waals surface area contributed by atoms with Crippen molar-refractivity contribution in [2.75, 3.05) is 5.73 Å². The molecule has 0 aliphatic rings. The average molecular weight is 216 g/mol. The van der Waals surface area contributed by atoms with E-state index in [9.17, 15) is 4.79 Å². The largest absolute Gasteiger partial charge is 0.479 e. The van der Waals surface area contributed by atoms with Crippen molar-refractivity contribution >= 4 is 23.3 Å². The fourth-order valence-electron chi connectivity index (χ4n) is 0.868. The fourth-order valence-corrected chi connectivity index (χ4v) is 1.05. The lowest BCUT2D eigenvalue weighted by Gasteiger charge is -2.12. The van der Waals surface area contributed by atoms with E-state index < -0.39 is 12.1 Å². The Morgan fingerprint density at radius 1 is 1.64 bits per heavy atom. The first kappa shape index (κ1) is 10.7. The molecule has 0 saturated carbocycles. The highest BCUT2D eigenvalue weighted by Crippen LogP contribution is 2.25. The van der Waals surface area contributed by atoms with Crippen LogP contribution in [-0.2, 0) is 4.79 Å². The van der Waals surface area contributed by atoms with Crippen molar-refractivity contribution in [2.45, 2.75) is 13.0 Å². The van der Waals surface area contributed by atoms with Crippen LogP contribution >= 0.6 is 11.6 Å². The van der Waals surface area contributed by atoms with Gasteiger partial charge in [0.25, 0.3) is 0 Å². The Hall–Kier alpha value is -1.42. The number of hydrogen-bond acceptors (Lipinski definition) is 3. The summed E-state index contributed by atoms with van der Waals surface area (Å²) in [4.78, 5) is 10.5. The molecular formula is C9H10ClNO3. The standard InChI is InChI=1S/C9H10ClNO3/c1-5(9(12)13)14-8-3-2-6(10)4-7(8)11/h2-5H,11H2,1H3,(H,12,13). The summed E-state index contributed by atoms with van der Waals surface area (Å²) in [5.41, 5.74) is 5.89. The lowest BCUT2D eigenvalue weighted by Crippen LogP contribution is -2.23. The number of halogens is 1. The van der Waals surface area contributed by atoms with E-state index in [1.165, 1.54) is 19.1 Å². The lowest BCUT2D eigenvalue weighted by atomic mass is 10.3. The van der Waals surface area contributed by atoms with Gasteiger partial charge < -0.3 is 15.6 Å². The molecule has 0 fully saturated rings. The first-order valence-corrected chi connectivity index (χ1v) is 4.33. The molecular weight excluding hydrogens is 206 g/mol. The number of aliphatic carboxylic acids is 1. The zero-order valence-corrected chi connectivity index (χ0v) is 8.28. The smallest absolute Gasteiger partial charge is 0.344 e. The van der Waals surface area contributed by atoms with Crippen molar-refractivity contribution in [3.63, 3.8) is 0 Å². The van der Waals surface area contributed by atoms with Gasteiger partial charge in [-0.2, -0.15) is 0 Å². The minimum atomic E-state index is -1.04. The van der Waals surface area contributed by atoms with Crippen LogP contribution in [-0.4, -0.2) is 17.2 Å². The minimum absolute atomic E-state index is 0.323. The summed E-state index contributed by atoms with van der Waals surface area (Å²) in [6, 6.07) is 4.63. The Morgan fingerprint density at radius 2 is 2.29 bits per heavy atom. The molecule has 0 aliphatic carbocycles. The zero-order chi connectivity index (χ0) is 10.7. The number of nitrogen functional groups attached to an aromatic ring is 1. The molecule has 1 atom stereocenters. The third-order valence-electron chi connectivity index (χ3n) is 1.62. The highest BCUT2D eigenvalue weighted by molar-refractivity contribution is 6.30. The zero-order valence-electron chi connectivity index (χ0n) is 7.53. The minimum Gasteiger partial charge on any atom is -0.479 e. The number of nitrogens with two attached hydrogens (primary N) is 1. The summed E-state index contributed by atoms with van der Waals surface area (Å²) in [5, 5.41) is 9.08. The molecule has 76 valence electrons. The van der Waals surface area contributed by atoms with Crippen LogP contribution in [0.2, 0.25) is 5.02 Å². The third kappa shape index (κ3) is 2.53. The van der Waals surface area contributed by atoms with Gasteiger partial charge in [-0.05, 0) is 25.1 Å². The van der Waals surface area contributed by atoms with E-state index in [2.05, 4.69) is 0 Å². The molecule has 0 saturated heterocycles. The molecule has 1 aromatic carbocycles. The molecule has 4 nitrogen and oxygen atoms in total. The van der Waals surface area contributed by atoms with Gasteiger partial charge in [0.1, 0.15) is 5.75 Å². The number of anilines is 1. The topological polar surface area (TPSA) is 72.5 Å². The molecule has 0 heterocycles. The molecule has 0 radical (unpaired) electrons. The second-order valence-corrected chi connectivity index (χ2v) is 3.22. The van der Waals surface area contributed by atoms with Crippen LogP contribution in [0.4, 0.5) is 5.69 Å². The summed E-state index contributed by atoms with van der Waals surface area (Å²) in [7, 11) is 0. The Morgan fingerprint density at radius 3 is 2.79 bits per heavy atom. The van der Waals surface area contributed by atoms with Crippen molar-refractivity contribution in [3.8, 4) is 5.75 Å². The van der Waals surface area contributed by atoms with Gasteiger partial charge in [0, 0.05) is 5.02 Å². The SMILES string of the molecule is CC(Oc1ccc(Cl)cc1N)C(=O)O. The molecule has 0 spiro atoms. The van der Waals surface area contributed by atoms with E-state index in [0.717, 1.165) is 0 Å². The van der Waals surface area contributed by atoms with Gasteiger partial charge in [0.15, 0.2) is 6.10 Å². The number of carbonyl (C=O) groups is 1. The monoisotopic (exact) mass is 215 g/mol. The molecule has 1 unspecified atom stereocenters. The van der Waals surface area contributed by atoms with Crippen molar-refractivity contribution in [3.05, 3.63) is 23.2 Å². The first-order chi connectivity index (χ1) is 6.50. The predicted molar refractivity (Wildman–Crippen MR) is 53.6 cm³/mol. The number of carboxylic acid groups (broad SMARTS) is 1. The Bertz CT molecular complexity index is 354. The molecule has 5 heteroatoms. The fraction of sp³-hybridized carbons (Fsp3) is 0.222. The van der Waals surface area contributed by atoms with Gasteiger partial charge in [0.05, 0.1) is 5.69 Å². The van der Waals surface area contributed by atoms with Crippen LogP contribution in [0.15, 0.2) is 18.2 Å². The molecule has 0 bridgehead atoms. The summed E-state index contributed by atoms with van der Waals surface area (Å²) < 4.78 is 5.08. The second-order valence-electron chi connectivity index (χ2n) is 2.78. The first-order valence-electron chi connectivity index (χ1n) is 3.95. The van der Waals surface area contributed by atoms with E-state index in [1.807, 2.05) is 0 Å². The summed E-state index contributed by atoms with van der Waals surface area (Å²) in [6.07, 6.45) is -0.932. The molecule has 3 N–H and O–H groups in total. The Balaban J connectivity index is 2.82. The van der Waals surface area contributed by atoms with Gasteiger partial charge in [-0.15, -0.1) is 0 Å². The van der Waals surface area contributed by atoms with Crippen molar-refractivity contribution in [2.24, 2.45) is 0 Å². The number of rotatable bonds is 3. The highest BCUT2D eigenvalue weighted by Gasteiger charge is 2.13. The van der Waals surface area contributed by atoms with E-state index in [4.69, 9.17) is 27.2 Å². The summed E-state index contributed by atoms with van der Waals surface area (Å²) in [5.74, 6) is -0.719. The van der Waals surface area contributed by atoms with Crippen LogP contribution in [0.25, 0.3) is 0 Å². The Kier molecular flexibility index (Phi) is 3.19. The van der Waals surface area contributed by atoms with Crippen LogP contribution < -0.4 is 10.5 Å². The van der Waals surface area contributed by atoms with Crippen molar-refractivity contribution in [1.29, 1.82) is 0 Å². The quantitative estimate of drug-likeness (QED) is 0.754. The molecule has 0 aromatic heterocycles. The summed E-state index contributed by atoms with van der Waals surface area (Å²) >= 11 is 5.66. The van der Waals surface area contributed by atoms with Crippen LogP contribution in [0.3, 0.4) is 0 Å². The number of ether oxygens (including phenoxy) is 1. The van der Waals surface area contributed by atoms with E-state index in [0.29, 0.717) is 16.5 Å². The molecule has 14 heavy (non-hydrogen) atoms. The maximum atomic E-state index is 10.5. The molecule has 1 aromatic rings. The average Bonchev–Trinajstić information content (AvgIpc) is 2.09. The van der Waals surface area contributed by atoms with Crippen LogP contribution in [0.1, 0.15) is 6.92 Å². The van der Waals surface area contributed by atoms with E-state index >= 15 is 0 Å². The number of benzene rings is 1. The normalized spacial score (nSPS) is 12.1. The van der Waals surface area contributed by atoms with E-state index in [1.54, 1.807) is 6.07 Å². The lowest BCUT2D eigenvalue weighted by molar-refractivity contribution is -0.144. The van der Waals surface area contributed by atoms with Crippen LogP contribution in [0, 0.1) is 0 Å². The maximum absolute atomic E-state index is 10.5. The maximum Gasteiger partial charge on any atom is 0.344 e. The van der Waals surface area contributed by atoms with Gasteiger partial charge in [0.2, 0.25) is 0 Å². The van der Waals surface area contributed by atoms with E-state index in [-0.39, 0.29) is 0 Å². The predicted octanol–water partition coefficient (Wildman–Crippen LogP) is 1.77. The Labute approximate surface area is 86.2 Å². The van der Waals surface area contributed by atoms with Gasteiger partial charge in [-0.25, -0.2) is 4.79 Å². The second kappa shape index (κ2) is 4.19. The number of carboxylic acids is 1. The molecule has 1 rings (SSSR count).